The highest BCUT2D eigenvalue weighted by molar-refractivity contribution is 6.01. The SMILES string of the molecule is Cc1cc2c(cc1O)[C@@H](c1c(CN(C)C)[nH]c3ccccc13)NC2=O. The molecule has 0 unspecified atom stereocenters. The second-order valence-electron chi connectivity index (χ2n) is 6.93. The van der Waals surface area contributed by atoms with E-state index >= 15 is 0 Å². The number of hydrogen-bond acceptors (Lipinski definition) is 3. The summed E-state index contributed by atoms with van der Waals surface area (Å²) in [6.45, 7) is 2.54. The third-order valence-electron chi connectivity index (χ3n) is 4.79. The van der Waals surface area contributed by atoms with Gasteiger partial charge in [0.25, 0.3) is 5.91 Å². The Hall–Kier alpha value is -2.79. The minimum atomic E-state index is -0.264. The van der Waals surface area contributed by atoms with E-state index in [1.807, 2.05) is 32.3 Å². The molecule has 0 saturated carbocycles. The zero-order valence-electron chi connectivity index (χ0n) is 14.6. The Kier molecular flexibility index (Phi) is 3.54. The average Bonchev–Trinajstić information content (AvgIpc) is 3.05. The maximum Gasteiger partial charge on any atom is 0.252 e. The second kappa shape index (κ2) is 5.63. The number of H-pyrrole nitrogens is 1. The van der Waals surface area contributed by atoms with E-state index in [9.17, 15) is 9.90 Å². The van der Waals surface area contributed by atoms with E-state index in [0.29, 0.717) is 11.1 Å². The van der Waals surface area contributed by atoms with Crippen LogP contribution in [-0.2, 0) is 6.54 Å². The highest BCUT2D eigenvalue weighted by atomic mass is 16.3. The number of phenolic OH excluding ortho intramolecular Hbond substituents is 1. The molecule has 0 spiro atoms. The lowest BCUT2D eigenvalue weighted by molar-refractivity contribution is 0.0960. The van der Waals surface area contributed by atoms with E-state index in [1.165, 1.54) is 0 Å². The normalized spacial score (nSPS) is 16.5. The van der Waals surface area contributed by atoms with Gasteiger partial charge in [0.15, 0.2) is 0 Å². The van der Waals surface area contributed by atoms with Crippen molar-refractivity contribution in [2.75, 3.05) is 14.1 Å². The van der Waals surface area contributed by atoms with Gasteiger partial charge in [0, 0.05) is 34.3 Å². The molecule has 5 heteroatoms. The van der Waals surface area contributed by atoms with Gasteiger partial charge in [-0.3, -0.25) is 4.79 Å². The number of hydrogen-bond donors (Lipinski definition) is 3. The van der Waals surface area contributed by atoms with Crippen molar-refractivity contribution in [2.45, 2.75) is 19.5 Å². The fourth-order valence-electron chi connectivity index (χ4n) is 3.65. The first kappa shape index (κ1) is 15.7. The number of carbonyl (C=O) groups is 1. The molecule has 0 fully saturated rings. The van der Waals surface area contributed by atoms with Crippen LogP contribution in [0, 0.1) is 6.92 Å². The molecule has 25 heavy (non-hydrogen) atoms. The summed E-state index contributed by atoms with van der Waals surface area (Å²) in [7, 11) is 4.04. The molecule has 2 heterocycles. The van der Waals surface area contributed by atoms with Crippen molar-refractivity contribution >= 4 is 16.8 Å². The van der Waals surface area contributed by atoms with Gasteiger partial charge in [-0.15, -0.1) is 0 Å². The molecule has 0 bridgehead atoms. The number of benzene rings is 2. The molecular formula is C20H21N3O2. The van der Waals surface area contributed by atoms with Gasteiger partial charge in [-0.05, 0) is 50.3 Å². The lowest BCUT2D eigenvalue weighted by atomic mass is 9.94. The number of amides is 1. The van der Waals surface area contributed by atoms with Crippen molar-refractivity contribution in [3.63, 3.8) is 0 Å². The van der Waals surface area contributed by atoms with Gasteiger partial charge in [-0.2, -0.15) is 0 Å². The van der Waals surface area contributed by atoms with Crippen LogP contribution in [0.15, 0.2) is 36.4 Å². The van der Waals surface area contributed by atoms with Crippen LogP contribution in [0.5, 0.6) is 5.75 Å². The Morgan fingerprint density at radius 3 is 2.72 bits per heavy atom. The maximum atomic E-state index is 12.5. The Balaban J connectivity index is 1.94. The summed E-state index contributed by atoms with van der Waals surface area (Å²) in [5.74, 6) is 0.124. The molecule has 5 nitrogen and oxygen atoms in total. The zero-order chi connectivity index (χ0) is 17.7. The number of aromatic nitrogens is 1. The topological polar surface area (TPSA) is 68.4 Å². The standard InChI is InChI=1S/C20H21N3O2/c1-11-8-14-13(9-17(11)24)19(22-20(14)25)18-12-6-4-5-7-15(12)21-16(18)10-23(2)3/h4-9,19,21,24H,10H2,1-3H3,(H,22,25)/t19-/m0/s1. The Morgan fingerprint density at radius 1 is 1.20 bits per heavy atom. The van der Waals surface area contributed by atoms with Gasteiger partial charge in [-0.25, -0.2) is 0 Å². The molecular weight excluding hydrogens is 314 g/mol. The summed E-state index contributed by atoms with van der Waals surface area (Å²) in [5.41, 5.74) is 5.37. The lowest BCUT2D eigenvalue weighted by Gasteiger charge is -2.17. The van der Waals surface area contributed by atoms with Gasteiger partial charge in [-0.1, -0.05) is 18.2 Å². The maximum absolute atomic E-state index is 12.5. The van der Waals surface area contributed by atoms with E-state index in [2.05, 4.69) is 21.3 Å². The quantitative estimate of drug-likeness (QED) is 0.689. The number of carbonyl (C=O) groups excluding carboxylic acids is 1. The monoisotopic (exact) mass is 335 g/mol. The number of rotatable bonds is 3. The average molecular weight is 335 g/mol. The number of aromatic hydroxyl groups is 1. The van der Waals surface area contributed by atoms with Crippen LogP contribution in [0.25, 0.3) is 10.9 Å². The summed E-state index contributed by atoms with van der Waals surface area (Å²) in [6.07, 6.45) is 0. The van der Waals surface area contributed by atoms with E-state index in [-0.39, 0.29) is 17.7 Å². The molecule has 128 valence electrons. The number of aryl methyl sites for hydroxylation is 1. The third-order valence-corrected chi connectivity index (χ3v) is 4.79. The van der Waals surface area contributed by atoms with Crippen molar-refractivity contribution in [2.24, 2.45) is 0 Å². The van der Waals surface area contributed by atoms with Crippen LogP contribution in [-0.4, -0.2) is 35.0 Å². The zero-order valence-corrected chi connectivity index (χ0v) is 14.6. The fraction of sp³-hybridized carbons (Fsp3) is 0.250. The highest BCUT2D eigenvalue weighted by Crippen LogP contribution is 2.39. The van der Waals surface area contributed by atoms with Crippen molar-refractivity contribution in [1.29, 1.82) is 0 Å². The molecule has 4 rings (SSSR count). The van der Waals surface area contributed by atoms with E-state index in [1.54, 1.807) is 19.1 Å². The van der Waals surface area contributed by atoms with Crippen LogP contribution in [0.4, 0.5) is 0 Å². The van der Waals surface area contributed by atoms with Crippen molar-refractivity contribution in [3.8, 4) is 5.75 Å². The molecule has 0 aliphatic carbocycles. The number of phenols is 1. The Bertz CT molecular complexity index is 988. The second-order valence-corrected chi connectivity index (χ2v) is 6.93. The molecule has 1 atom stereocenters. The van der Waals surface area contributed by atoms with Crippen LogP contribution < -0.4 is 5.32 Å². The van der Waals surface area contributed by atoms with Crippen LogP contribution >= 0.6 is 0 Å². The number of para-hydroxylation sites is 1. The number of nitrogens with zero attached hydrogens (tertiary/aromatic N) is 1. The van der Waals surface area contributed by atoms with Crippen LogP contribution in [0.1, 0.15) is 38.8 Å². The predicted octanol–water partition coefficient (Wildman–Crippen LogP) is 3.08. The van der Waals surface area contributed by atoms with Gasteiger partial charge >= 0.3 is 0 Å². The molecule has 3 aromatic rings. The molecule has 3 N–H and O–H groups in total. The van der Waals surface area contributed by atoms with E-state index < -0.39 is 0 Å². The first-order valence-electron chi connectivity index (χ1n) is 8.34. The fourth-order valence-corrected chi connectivity index (χ4v) is 3.65. The third kappa shape index (κ3) is 2.48. The van der Waals surface area contributed by atoms with Gasteiger partial charge in [0.2, 0.25) is 0 Å². The molecule has 0 saturated heterocycles. The first-order chi connectivity index (χ1) is 12.0. The molecule has 1 aromatic heterocycles. The Morgan fingerprint density at radius 2 is 1.96 bits per heavy atom. The van der Waals surface area contributed by atoms with Crippen LogP contribution in [0.3, 0.4) is 0 Å². The van der Waals surface area contributed by atoms with Gasteiger partial charge in [0.1, 0.15) is 5.75 Å². The van der Waals surface area contributed by atoms with Crippen molar-refractivity contribution in [1.82, 2.24) is 15.2 Å². The minimum absolute atomic E-state index is 0.0933. The highest BCUT2D eigenvalue weighted by Gasteiger charge is 2.33. The summed E-state index contributed by atoms with van der Waals surface area (Å²) >= 11 is 0. The number of aromatic amines is 1. The summed E-state index contributed by atoms with van der Waals surface area (Å²) in [4.78, 5) is 18.1. The molecule has 1 amide bonds. The Labute approximate surface area is 146 Å². The minimum Gasteiger partial charge on any atom is -0.508 e. The van der Waals surface area contributed by atoms with Crippen molar-refractivity contribution < 1.29 is 9.90 Å². The molecule has 2 aromatic carbocycles. The van der Waals surface area contributed by atoms with Crippen LogP contribution in [0.2, 0.25) is 0 Å². The van der Waals surface area contributed by atoms with Gasteiger partial charge in [0.05, 0.1) is 6.04 Å². The van der Waals surface area contributed by atoms with E-state index in [0.717, 1.165) is 34.3 Å². The summed E-state index contributed by atoms with van der Waals surface area (Å²) < 4.78 is 0. The molecule has 1 aliphatic heterocycles. The smallest absolute Gasteiger partial charge is 0.252 e. The predicted molar refractivity (Wildman–Crippen MR) is 97.8 cm³/mol. The molecule has 1 aliphatic rings. The molecule has 0 radical (unpaired) electrons. The summed E-state index contributed by atoms with van der Waals surface area (Å²) in [6, 6.07) is 11.3. The van der Waals surface area contributed by atoms with Gasteiger partial charge < -0.3 is 20.3 Å². The summed E-state index contributed by atoms with van der Waals surface area (Å²) in [5, 5.41) is 14.3. The lowest BCUT2D eigenvalue weighted by Crippen LogP contribution is -2.22. The van der Waals surface area contributed by atoms with Crippen molar-refractivity contribution in [3.05, 3.63) is 64.3 Å². The number of fused-ring (bicyclic) bond motifs is 2. The van der Waals surface area contributed by atoms with E-state index in [4.69, 9.17) is 0 Å². The number of nitrogens with one attached hydrogen (secondary N) is 2. The first-order valence-corrected chi connectivity index (χ1v) is 8.34. The largest absolute Gasteiger partial charge is 0.508 e.